The van der Waals surface area contributed by atoms with Gasteiger partial charge in [-0.25, -0.2) is 18.1 Å². The predicted molar refractivity (Wildman–Crippen MR) is 81.4 cm³/mol. The first kappa shape index (κ1) is 16.1. The van der Waals surface area contributed by atoms with Crippen molar-refractivity contribution in [3.8, 4) is 0 Å². The fourth-order valence-corrected chi connectivity index (χ4v) is 4.20. The maximum Gasteiger partial charge on any atom is 0.250 e. The molecule has 3 N–H and O–H groups in total. The lowest BCUT2D eigenvalue weighted by Crippen LogP contribution is -2.27. The molecule has 2 aromatic heterocycles. The Labute approximate surface area is 128 Å². The van der Waals surface area contributed by atoms with Gasteiger partial charge < -0.3 is 5.32 Å². The number of rotatable bonds is 8. The van der Waals surface area contributed by atoms with Crippen LogP contribution in [0.4, 0.5) is 0 Å². The van der Waals surface area contributed by atoms with Gasteiger partial charge in [0.25, 0.3) is 10.0 Å². The minimum atomic E-state index is -3.54. The van der Waals surface area contributed by atoms with Crippen molar-refractivity contribution in [3.63, 3.8) is 0 Å². The molecular weight excluding hydrogens is 310 g/mol. The fourth-order valence-electron chi connectivity index (χ4n) is 1.77. The highest BCUT2D eigenvalue weighted by molar-refractivity contribution is 7.91. The maximum absolute atomic E-state index is 12.3. The molecule has 0 aliphatic heterocycles. The Balaban J connectivity index is 2.02. The Morgan fingerprint density at radius 2 is 2.29 bits per heavy atom. The van der Waals surface area contributed by atoms with E-state index >= 15 is 0 Å². The second-order valence-electron chi connectivity index (χ2n) is 4.66. The van der Waals surface area contributed by atoms with E-state index < -0.39 is 16.1 Å². The molecule has 2 heterocycles. The third-order valence-corrected chi connectivity index (χ3v) is 5.86. The minimum absolute atomic E-state index is 0.308. The summed E-state index contributed by atoms with van der Waals surface area (Å²) in [5.74, 6) is 0.486. The molecule has 0 aliphatic carbocycles. The Kier molecular flexibility index (Phi) is 5.45. The first-order chi connectivity index (χ1) is 10.0. The quantitative estimate of drug-likeness (QED) is 0.636. The van der Waals surface area contributed by atoms with E-state index in [-0.39, 0.29) is 0 Å². The molecule has 2 aromatic rings. The molecule has 9 heteroatoms. The van der Waals surface area contributed by atoms with Crippen LogP contribution < -0.4 is 10.0 Å². The van der Waals surface area contributed by atoms with E-state index in [4.69, 9.17) is 0 Å². The normalized spacial score (nSPS) is 13.4. The van der Waals surface area contributed by atoms with E-state index in [1.54, 1.807) is 13.0 Å². The van der Waals surface area contributed by atoms with Crippen LogP contribution in [0.3, 0.4) is 0 Å². The zero-order chi connectivity index (χ0) is 15.3. The average molecular weight is 329 g/mol. The predicted octanol–water partition coefficient (Wildman–Crippen LogP) is 1.41. The summed E-state index contributed by atoms with van der Waals surface area (Å²) in [7, 11) is -3.54. The molecule has 7 nitrogen and oxygen atoms in total. The summed E-state index contributed by atoms with van der Waals surface area (Å²) >= 11 is 1.22. The van der Waals surface area contributed by atoms with Crippen LogP contribution in [0.25, 0.3) is 0 Å². The molecule has 0 bridgehead atoms. The van der Waals surface area contributed by atoms with Gasteiger partial charge in [-0.05, 0) is 36.9 Å². The number of hydrogen-bond donors (Lipinski definition) is 3. The highest BCUT2D eigenvalue weighted by atomic mass is 32.2. The number of nitrogens with zero attached hydrogens (tertiary/aromatic N) is 2. The van der Waals surface area contributed by atoms with Crippen molar-refractivity contribution in [2.75, 3.05) is 6.54 Å². The van der Waals surface area contributed by atoms with Crippen LogP contribution >= 0.6 is 11.3 Å². The molecule has 116 valence electrons. The van der Waals surface area contributed by atoms with Crippen LogP contribution in [-0.4, -0.2) is 30.1 Å². The summed E-state index contributed by atoms with van der Waals surface area (Å²) in [6.07, 6.45) is 2.40. The lowest BCUT2D eigenvalue weighted by Gasteiger charge is -2.10. The summed E-state index contributed by atoms with van der Waals surface area (Å²) in [6.45, 7) is 5.40. The lowest BCUT2D eigenvalue weighted by molar-refractivity contribution is 0.562. The second kappa shape index (κ2) is 7.12. The van der Waals surface area contributed by atoms with Crippen LogP contribution in [-0.2, 0) is 16.6 Å². The Bertz CT molecular complexity index is 651. The smallest absolute Gasteiger partial charge is 0.250 e. The van der Waals surface area contributed by atoms with Crippen LogP contribution in [0.2, 0.25) is 0 Å². The Morgan fingerprint density at radius 3 is 2.95 bits per heavy atom. The Hall–Kier alpha value is -1.29. The van der Waals surface area contributed by atoms with Crippen molar-refractivity contribution in [2.45, 2.75) is 37.1 Å². The number of thiophene rings is 1. The lowest BCUT2D eigenvalue weighted by atomic mass is 10.3. The van der Waals surface area contributed by atoms with Crippen LogP contribution in [0.15, 0.2) is 22.0 Å². The zero-order valence-electron chi connectivity index (χ0n) is 12.0. The van der Waals surface area contributed by atoms with Gasteiger partial charge in [-0.3, -0.25) is 5.10 Å². The number of hydrogen-bond acceptors (Lipinski definition) is 6. The van der Waals surface area contributed by atoms with Crippen LogP contribution in [0.1, 0.15) is 37.7 Å². The van der Waals surface area contributed by atoms with Gasteiger partial charge in [-0.15, -0.1) is 11.3 Å². The third kappa shape index (κ3) is 4.34. The van der Waals surface area contributed by atoms with Crippen LogP contribution in [0.5, 0.6) is 0 Å². The second-order valence-corrected chi connectivity index (χ2v) is 7.52. The van der Waals surface area contributed by atoms with E-state index in [2.05, 4.69) is 32.1 Å². The molecule has 0 aliphatic rings. The fraction of sp³-hybridized carbons (Fsp3) is 0.500. The molecule has 1 unspecified atom stereocenters. The van der Waals surface area contributed by atoms with E-state index in [0.29, 0.717) is 16.6 Å². The molecule has 0 aromatic carbocycles. The summed E-state index contributed by atoms with van der Waals surface area (Å²) in [6, 6.07) is 1.24. The van der Waals surface area contributed by atoms with E-state index in [9.17, 15) is 8.42 Å². The van der Waals surface area contributed by atoms with E-state index in [0.717, 1.165) is 18.5 Å². The van der Waals surface area contributed by atoms with Crippen molar-refractivity contribution < 1.29 is 8.42 Å². The molecule has 0 saturated heterocycles. The first-order valence-corrected chi connectivity index (χ1v) is 9.05. The monoisotopic (exact) mass is 329 g/mol. The number of aromatic amines is 1. The van der Waals surface area contributed by atoms with Gasteiger partial charge in [0.15, 0.2) is 0 Å². The van der Waals surface area contributed by atoms with Crippen LogP contribution in [0, 0.1) is 0 Å². The van der Waals surface area contributed by atoms with Gasteiger partial charge in [0, 0.05) is 6.54 Å². The van der Waals surface area contributed by atoms with Gasteiger partial charge in [-0.1, -0.05) is 6.92 Å². The van der Waals surface area contributed by atoms with E-state index in [1.807, 2.05) is 5.38 Å². The van der Waals surface area contributed by atoms with Crippen molar-refractivity contribution in [2.24, 2.45) is 0 Å². The van der Waals surface area contributed by atoms with E-state index in [1.165, 1.54) is 17.7 Å². The molecule has 21 heavy (non-hydrogen) atoms. The van der Waals surface area contributed by atoms with Gasteiger partial charge in [-0.2, -0.15) is 5.10 Å². The SMILES string of the molecule is CCCNCc1csc(S(=O)(=O)NC(C)c2ncn[nH]2)c1. The Morgan fingerprint density at radius 1 is 1.48 bits per heavy atom. The third-order valence-electron chi connectivity index (χ3n) is 2.83. The summed E-state index contributed by atoms with van der Waals surface area (Å²) < 4.78 is 27.5. The number of aromatic nitrogens is 3. The van der Waals surface area contributed by atoms with Crippen molar-refractivity contribution in [3.05, 3.63) is 29.2 Å². The molecule has 0 saturated carbocycles. The summed E-state index contributed by atoms with van der Waals surface area (Å²) in [4.78, 5) is 3.95. The zero-order valence-corrected chi connectivity index (χ0v) is 13.6. The number of sulfonamides is 1. The van der Waals surface area contributed by atoms with Crippen molar-refractivity contribution in [1.29, 1.82) is 0 Å². The van der Waals surface area contributed by atoms with Gasteiger partial charge >= 0.3 is 0 Å². The number of H-pyrrole nitrogens is 1. The van der Waals surface area contributed by atoms with Crippen molar-refractivity contribution in [1.82, 2.24) is 25.2 Å². The highest BCUT2D eigenvalue weighted by Crippen LogP contribution is 2.22. The van der Waals surface area contributed by atoms with Gasteiger partial charge in [0.05, 0.1) is 6.04 Å². The minimum Gasteiger partial charge on any atom is -0.313 e. The summed E-state index contributed by atoms with van der Waals surface area (Å²) in [5, 5.41) is 11.5. The molecule has 0 radical (unpaired) electrons. The number of nitrogens with one attached hydrogen (secondary N) is 3. The van der Waals surface area contributed by atoms with Gasteiger partial charge in [0.1, 0.15) is 16.4 Å². The molecule has 0 fully saturated rings. The van der Waals surface area contributed by atoms with Gasteiger partial charge in [0.2, 0.25) is 0 Å². The average Bonchev–Trinajstić information content (AvgIpc) is 3.10. The molecule has 2 rings (SSSR count). The summed E-state index contributed by atoms with van der Waals surface area (Å²) in [5.41, 5.74) is 0.973. The van der Waals surface area contributed by atoms with Crippen molar-refractivity contribution >= 4 is 21.4 Å². The molecule has 0 amide bonds. The molecular formula is C12H19N5O2S2. The topological polar surface area (TPSA) is 99.8 Å². The maximum atomic E-state index is 12.3. The largest absolute Gasteiger partial charge is 0.313 e. The highest BCUT2D eigenvalue weighted by Gasteiger charge is 2.21. The molecule has 1 atom stereocenters. The standard InChI is InChI=1S/C12H19N5O2S2/c1-3-4-13-6-10-5-11(20-7-10)21(18,19)17-9(2)12-14-8-15-16-12/h5,7-9,13,17H,3-4,6H2,1-2H3,(H,14,15,16). The molecule has 0 spiro atoms. The first-order valence-electron chi connectivity index (χ1n) is 6.68.